The van der Waals surface area contributed by atoms with Crippen LogP contribution in [-0.4, -0.2) is 4.98 Å². The second-order valence-corrected chi connectivity index (χ2v) is 5.55. The number of nitrogens with zero attached hydrogens (tertiary/aromatic N) is 1. The van der Waals surface area contributed by atoms with Crippen molar-refractivity contribution in [2.24, 2.45) is 5.73 Å². The van der Waals surface area contributed by atoms with Crippen LogP contribution < -0.4 is 10.5 Å². The van der Waals surface area contributed by atoms with E-state index >= 15 is 0 Å². The lowest BCUT2D eigenvalue weighted by molar-refractivity contribution is 0.291. The van der Waals surface area contributed by atoms with E-state index in [-0.39, 0.29) is 6.04 Å². The van der Waals surface area contributed by atoms with Crippen molar-refractivity contribution in [3.8, 4) is 5.88 Å². The summed E-state index contributed by atoms with van der Waals surface area (Å²) in [6, 6.07) is 22.0. The monoisotopic (exact) mass is 304 g/mol. The molecular weight excluding hydrogens is 284 g/mol. The van der Waals surface area contributed by atoms with Crippen molar-refractivity contribution in [2.45, 2.75) is 19.6 Å². The Kier molecular flexibility index (Phi) is 4.69. The Balaban J connectivity index is 1.73. The molecule has 0 saturated carbocycles. The van der Waals surface area contributed by atoms with Crippen LogP contribution in [0.4, 0.5) is 0 Å². The van der Waals surface area contributed by atoms with Gasteiger partial charge in [-0.05, 0) is 29.7 Å². The molecule has 0 aliphatic rings. The molecule has 1 aromatic heterocycles. The molecule has 1 atom stereocenters. The minimum absolute atomic E-state index is 0.175. The maximum atomic E-state index is 6.32. The first-order valence-corrected chi connectivity index (χ1v) is 7.68. The quantitative estimate of drug-likeness (QED) is 0.774. The summed E-state index contributed by atoms with van der Waals surface area (Å²) in [7, 11) is 0. The SMILES string of the molecule is Cc1cc([C@H](N)c2ccccc2)cnc1OCc1ccccc1. The van der Waals surface area contributed by atoms with E-state index in [2.05, 4.69) is 4.98 Å². The lowest BCUT2D eigenvalue weighted by atomic mass is 10.0. The van der Waals surface area contributed by atoms with Gasteiger partial charge in [-0.2, -0.15) is 0 Å². The highest BCUT2D eigenvalue weighted by Gasteiger charge is 2.11. The van der Waals surface area contributed by atoms with Crippen LogP contribution in [0, 0.1) is 6.92 Å². The van der Waals surface area contributed by atoms with Gasteiger partial charge in [0.05, 0.1) is 6.04 Å². The molecule has 1 heterocycles. The maximum Gasteiger partial charge on any atom is 0.216 e. The second kappa shape index (κ2) is 7.07. The topological polar surface area (TPSA) is 48.1 Å². The number of aromatic nitrogens is 1. The zero-order valence-corrected chi connectivity index (χ0v) is 13.1. The summed E-state index contributed by atoms with van der Waals surface area (Å²) in [5, 5.41) is 0. The molecule has 2 aromatic carbocycles. The molecule has 0 amide bonds. The molecule has 0 aliphatic heterocycles. The number of rotatable bonds is 5. The summed E-state index contributed by atoms with van der Waals surface area (Å²) in [4.78, 5) is 4.44. The Labute approximate surface area is 136 Å². The van der Waals surface area contributed by atoms with E-state index in [1.54, 1.807) is 6.20 Å². The van der Waals surface area contributed by atoms with Crippen LogP contribution in [-0.2, 0) is 6.61 Å². The van der Waals surface area contributed by atoms with Gasteiger partial charge in [0.1, 0.15) is 6.61 Å². The van der Waals surface area contributed by atoms with E-state index in [0.29, 0.717) is 12.5 Å². The first-order chi connectivity index (χ1) is 11.2. The molecule has 0 bridgehead atoms. The molecule has 3 aromatic rings. The summed E-state index contributed by atoms with van der Waals surface area (Å²) in [5.74, 6) is 0.651. The van der Waals surface area contributed by atoms with Gasteiger partial charge < -0.3 is 10.5 Å². The van der Waals surface area contributed by atoms with Crippen LogP contribution in [0.5, 0.6) is 5.88 Å². The molecule has 0 radical (unpaired) electrons. The van der Waals surface area contributed by atoms with Crippen LogP contribution in [0.15, 0.2) is 72.9 Å². The Morgan fingerprint density at radius 3 is 2.26 bits per heavy atom. The molecule has 0 unspecified atom stereocenters. The van der Waals surface area contributed by atoms with Gasteiger partial charge in [0, 0.05) is 11.8 Å². The van der Waals surface area contributed by atoms with Gasteiger partial charge >= 0.3 is 0 Å². The second-order valence-electron chi connectivity index (χ2n) is 5.55. The highest BCUT2D eigenvalue weighted by atomic mass is 16.5. The van der Waals surface area contributed by atoms with Crippen molar-refractivity contribution in [1.82, 2.24) is 4.98 Å². The number of pyridine rings is 1. The molecule has 23 heavy (non-hydrogen) atoms. The molecular formula is C20H20N2O. The van der Waals surface area contributed by atoms with Crippen LogP contribution in [0.25, 0.3) is 0 Å². The first kappa shape index (κ1) is 15.3. The van der Waals surface area contributed by atoms with Crippen LogP contribution in [0.3, 0.4) is 0 Å². The number of benzene rings is 2. The summed E-state index contributed by atoms with van der Waals surface area (Å²) < 4.78 is 5.81. The van der Waals surface area contributed by atoms with E-state index in [1.807, 2.05) is 73.7 Å². The Bertz CT molecular complexity index is 757. The van der Waals surface area contributed by atoms with Crippen LogP contribution in [0.1, 0.15) is 28.3 Å². The van der Waals surface area contributed by atoms with Gasteiger partial charge in [-0.15, -0.1) is 0 Å². The minimum Gasteiger partial charge on any atom is -0.473 e. The average molecular weight is 304 g/mol. The van der Waals surface area contributed by atoms with Crippen molar-refractivity contribution in [2.75, 3.05) is 0 Å². The van der Waals surface area contributed by atoms with E-state index in [1.165, 1.54) is 0 Å². The standard InChI is InChI=1S/C20H20N2O/c1-15-12-18(19(21)17-10-6-3-7-11-17)13-22-20(15)23-14-16-8-4-2-5-9-16/h2-13,19H,14,21H2,1H3/t19-/m1/s1. The van der Waals surface area contributed by atoms with Crippen molar-refractivity contribution < 1.29 is 4.74 Å². The third-order valence-electron chi connectivity index (χ3n) is 3.79. The fourth-order valence-corrected chi connectivity index (χ4v) is 2.48. The fraction of sp³-hybridized carbons (Fsp3) is 0.150. The van der Waals surface area contributed by atoms with Gasteiger partial charge in [0.15, 0.2) is 0 Å². The van der Waals surface area contributed by atoms with Crippen LogP contribution in [0.2, 0.25) is 0 Å². The van der Waals surface area contributed by atoms with Crippen molar-refractivity contribution >= 4 is 0 Å². The lowest BCUT2D eigenvalue weighted by Crippen LogP contribution is -2.12. The van der Waals surface area contributed by atoms with Gasteiger partial charge in [-0.3, -0.25) is 0 Å². The normalized spacial score (nSPS) is 11.9. The minimum atomic E-state index is -0.175. The van der Waals surface area contributed by atoms with Crippen molar-refractivity contribution in [3.05, 3.63) is 95.2 Å². The van der Waals surface area contributed by atoms with E-state index in [0.717, 1.165) is 22.3 Å². The smallest absolute Gasteiger partial charge is 0.216 e. The zero-order valence-electron chi connectivity index (χ0n) is 13.1. The number of nitrogens with two attached hydrogens (primary N) is 1. The molecule has 0 aliphatic carbocycles. The number of aryl methyl sites for hydroxylation is 1. The lowest BCUT2D eigenvalue weighted by Gasteiger charge is -2.14. The third-order valence-corrected chi connectivity index (χ3v) is 3.79. The molecule has 2 N–H and O–H groups in total. The largest absolute Gasteiger partial charge is 0.473 e. The molecule has 116 valence electrons. The maximum absolute atomic E-state index is 6.32. The summed E-state index contributed by atoms with van der Waals surface area (Å²) in [6.45, 7) is 2.51. The Morgan fingerprint density at radius 1 is 0.957 bits per heavy atom. The Hall–Kier alpha value is -2.65. The molecule has 0 fully saturated rings. The highest BCUT2D eigenvalue weighted by Crippen LogP contribution is 2.23. The predicted molar refractivity (Wildman–Crippen MR) is 92.2 cm³/mol. The number of ether oxygens (including phenoxy) is 1. The number of hydrogen-bond acceptors (Lipinski definition) is 3. The van der Waals surface area contributed by atoms with Crippen molar-refractivity contribution in [3.63, 3.8) is 0 Å². The van der Waals surface area contributed by atoms with Crippen molar-refractivity contribution in [1.29, 1.82) is 0 Å². The third kappa shape index (κ3) is 3.76. The van der Waals surface area contributed by atoms with E-state index < -0.39 is 0 Å². The number of hydrogen-bond donors (Lipinski definition) is 1. The summed E-state index contributed by atoms with van der Waals surface area (Å²) in [6.07, 6.45) is 1.80. The average Bonchev–Trinajstić information content (AvgIpc) is 2.61. The van der Waals surface area contributed by atoms with Gasteiger partial charge in [-0.1, -0.05) is 60.7 Å². The molecule has 3 heteroatoms. The first-order valence-electron chi connectivity index (χ1n) is 7.68. The van der Waals surface area contributed by atoms with Gasteiger partial charge in [0.2, 0.25) is 5.88 Å². The van der Waals surface area contributed by atoms with E-state index in [4.69, 9.17) is 10.5 Å². The zero-order chi connectivity index (χ0) is 16.1. The Morgan fingerprint density at radius 2 is 1.61 bits per heavy atom. The molecule has 3 nitrogen and oxygen atoms in total. The molecule has 0 spiro atoms. The van der Waals surface area contributed by atoms with Gasteiger partial charge in [0.25, 0.3) is 0 Å². The van der Waals surface area contributed by atoms with Gasteiger partial charge in [-0.25, -0.2) is 4.98 Å². The van der Waals surface area contributed by atoms with E-state index in [9.17, 15) is 0 Å². The highest BCUT2D eigenvalue weighted by molar-refractivity contribution is 5.35. The predicted octanol–water partition coefficient (Wildman–Crippen LogP) is 4.02. The van der Waals surface area contributed by atoms with Crippen LogP contribution >= 0.6 is 0 Å². The fourth-order valence-electron chi connectivity index (χ4n) is 2.48. The molecule has 3 rings (SSSR count). The molecule has 0 saturated heterocycles. The summed E-state index contributed by atoms with van der Waals surface area (Å²) >= 11 is 0. The summed E-state index contributed by atoms with van der Waals surface area (Å²) in [5.41, 5.74) is 10.5.